The molecule has 0 radical (unpaired) electrons. The fourth-order valence-corrected chi connectivity index (χ4v) is 6.08. The number of aromatic nitrogens is 1. The molecule has 4 aliphatic heterocycles. The molecular formula is C29H39N5O3. The summed E-state index contributed by atoms with van der Waals surface area (Å²) in [6.07, 6.45) is 7.27. The third kappa shape index (κ3) is 5.19. The van der Waals surface area contributed by atoms with Crippen LogP contribution in [0.2, 0.25) is 0 Å². The van der Waals surface area contributed by atoms with Gasteiger partial charge in [0.15, 0.2) is 6.10 Å². The minimum absolute atomic E-state index is 0.0752. The second kappa shape index (κ2) is 10.6. The van der Waals surface area contributed by atoms with E-state index in [-0.39, 0.29) is 18.2 Å². The predicted octanol–water partition coefficient (Wildman–Crippen LogP) is 4.17. The van der Waals surface area contributed by atoms with Crippen molar-refractivity contribution >= 4 is 12.3 Å². The van der Waals surface area contributed by atoms with Gasteiger partial charge in [-0.3, -0.25) is 4.90 Å². The number of carbonyl (C=O) groups is 1. The Balaban J connectivity index is 1.09. The number of carbonyl (C=O) groups excluding carboxylic acids is 1. The van der Waals surface area contributed by atoms with Gasteiger partial charge in [-0.05, 0) is 62.9 Å². The standard InChI is InChI=1S/C29H39N5O3/c1-21(2)31-11-8-24(9-12-31)22-3-5-23(6-4-22)25-17-28-27(7-10-30-34(28)18-25)32-13-15-33(16-14-32)29(35)37-26-19-36-20-26/h3-6,10,17-18,21,24,26-27H,7-9,11-16,19-20H2,1-2H3. The van der Waals surface area contributed by atoms with E-state index in [0.29, 0.717) is 38.3 Å². The zero-order valence-electron chi connectivity index (χ0n) is 22.1. The smallest absolute Gasteiger partial charge is 0.410 e. The van der Waals surface area contributed by atoms with Crippen molar-refractivity contribution in [3.63, 3.8) is 0 Å². The first kappa shape index (κ1) is 24.6. The van der Waals surface area contributed by atoms with Gasteiger partial charge in [0, 0.05) is 56.6 Å². The third-order valence-electron chi connectivity index (χ3n) is 8.57. The van der Waals surface area contributed by atoms with Crippen LogP contribution in [0.4, 0.5) is 4.79 Å². The normalized spacial score (nSPS) is 23.8. The molecule has 2 aromatic rings. The molecule has 1 atom stereocenters. The molecule has 1 unspecified atom stereocenters. The monoisotopic (exact) mass is 505 g/mol. The number of piperidine rings is 1. The summed E-state index contributed by atoms with van der Waals surface area (Å²) in [5.74, 6) is 0.665. The minimum Gasteiger partial charge on any atom is -0.441 e. The number of hydrogen-bond acceptors (Lipinski definition) is 6. The molecule has 37 heavy (non-hydrogen) atoms. The zero-order valence-corrected chi connectivity index (χ0v) is 22.1. The molecule has 198 valence electrons. The highest BCUT2D eigenvalue weighted by Crippen LogP contribution is 2.34. The number of amides is 1. The lowest BCUT2D eigenvalue weighted by Crippen LogP contribution is -2.52. The van der Waals surface area contributed by atoms with Gasteiger partial charge in [-0.15, -0.1) is 0 Å². The van der Waals surface area contributed by atoms with Crippen molar-refractivity contribution in [2.24, 2.45) is 5.10 Å². The number of piperazine rings is 1. The predicted molar refractivity (Wildman–Crippen MR) is 144 cm³/mol. The lowest BCUT2D eigenvalue weighted by Gasteiger charge is -2.40. The first-order valence-electron chi connectivity index (χ1n) is 13.9. The van der Waals surface area contributed by atoms with Gasteiger partial charge in [-0.2, -0.15) is 5.10 Å². The van der Waals surface area contributed by atoms with E-state index in [9.17, 15) is 4.79 Å². The summed E-state index contributed by atoms with van der Waals surface area (Å²) in [7, 11) is 0. The Morgan fingerprint density at radius 3 is 2.38 bits per heavy atom. The molecule has 1 aromatic carbocycles. The van der Waals surface area contributed by atoms with Crippen molar-refractivity contribution in [1.29, 1.82) is 0 Å². The SMILES string of the molecule is CC(C)N1CCC(c2ccc(-c3cc4n(c3)N=CCC4N3CCN(C(=O)OC4COC4)CC3)cc2)CC1. The van der Waals surface area contributed by atoms with E-state index in [2.05, 4.69) is 65.3 Å². The molecule has 0 bridgehead atoms. The van der Waals surface area contributed by atoms with Gasteiger partial charge in [0.25, 0.3) is 0 Å². The molecule has 6 rings (SSSR count). The average molecular weight is 506 g/mol. The highest BCUT2D eigenvalue weighted by molar-refractivity contribution is 5.68. The van der Waals surface area contributed by atoms with Crippen LogP contribution in [-0.2, 0) is 9.47 Å². The molecule has 0 spiro atoms. The summed E-state index contributed by atoms with van der Waals surface area (Å²) < 4.78 is 12.6. The largest absolute Gasteiger partial charge is 0.441 e. The summed E-state index contributed by atoms with van der Waals surface area (Å²) in [5, 5.41) is 4.65. The van der Waals surface area contributed by atoms with E-state index < -0.39 is 0 Å². The molecule has 0 aliphatic carbocycles. The van der Waals surface area contributed by atoms with Crippen molar-refractivity contribution in [2.75, 3.05) is 52.5 Å². The molecule has 1 amide bonds. The van der Waals surface area contributed by atoms with Gasteiger partial charge in [0.2, 0.25) is 0 Å². The minimum atomic E-state index is -0.210. The summed E-state index contributed by atoms with van der Waals surface area (Å²) in [5.41, 5.74) is 5.15. The van der Waals surface area contributed by atoms with Gasteiger partial charge in [-0.25, -0.2) is 9.47 Å². The van der Waals surface area contributed by atoms with Crippen molar-refractivity contribution in [1.82, 2.24) is 19.4 Å². The quantitative estimate of drug-likeness (QED) is 0.610. The molecule has 0 saturated carbocycles. The summed E-state index contributed by atoms with van der Waals surface area (Å²) in [6.45, 7) is 11.1. The van der Waals surface area contributed by atoms with E-state index >= 15 is 0 Å². The Morgan fingerprint density at radius 1 is 1.00 bits per heavy atom. The Bertz CT molecular complexity index is 1110. The number of rotatable bonds is 5. The molecule has 1 aromatic heterocycles. The zero-order chi connectivity index (χ0) is 25.4. The van der Waals surface area contributed by atoms with Crippen LogP contribution < -0.4 is 0 Å². The third-order valence-corrected chi connectivity index (χ3v) is 8.57. The van der Waals surface area contributed by atoms with E-state index in [1.54, 1.807) is 0 Å². The Kier molecular flexibility index (Phi) is 7.06. The second-order valence-electron chi connectivity index (χ2n) is 11.1. The van der Waals surface area contributed by atoms with Crippen LogP contribution in [-0.4, -0.2) is 96.3 Å². The van der Waals surface area contributed by atoms with Crippen LogP contribution in [0.25, 0.3) is 11.1 Å². The van der Waals surface area contributed by atoms with E-state index in [0.717, 1.165) is 19.5 Å². The average Bonchev–Trinajstić information content (AvgIpc) is 3.35. The van der Waals surface area contributed by atoms with Gasteiger partial charge < -0.3 is 19.3 Å². The lowest BCUT2D eigenvalue weighted by molar-refractivity contribution is -0.106. The second-order valence-corrected chi connectivity index (χ2v) is 11.1. The molecular weight excluding hydrogens is 466 g/mol. The molecule has 3 fully saturated rings. The maximum atomic E-state index is 12.4. The van der Waals surface area contributed by atoms with Crippen LogP contribution >= 0.6 is 0 Å². The van der Waals surface area contributed by atoms with Crippen molar-refractivity contribution in [3.8, 4) is 11.1 Å². The molecule has 8 heteroatoms. The van der Waals surface area contributed by atoms with Crippen molar-refractivity contribution in [2.45, 2.75) is 57.2 Å². The van der Waals surface area contributed by atoms with Gasteiger partial charge in [0.05, 0.1) is 24.9 Å². The highest BCUT2D eigenvalue weighted by atomic mass is 16.6. The number of ether oxygens (including phenoxy) is 2. The van der Waals surface area contributed by atoms with Crippen LogP contribution in [0.3, 0.4) is 0 Å². The molecule has 0 N–H and O–H groups in total. The fourth-order valence-electron chi connectivity index (χ4n) is 6.08. The Hall–Kier alpha value is -2.68. The summed E-state index contributed by atoms with van der Waals surface area (Å²) >= 11 is 0. The van der Waals surface area contributed by atoms with Crippen LogP contribution in [0.15, 0.2) is 41.6 Å². The number of nitrogens with zero attached hydrogens (tertiary/aromatic N) is 5. The highest BCUT2D eigenvalue weighted by Gasteiger charge is 2.32. The number of fused-ring (bicyclic) bond motifs is 1. The maximum Gasteiger partial charge on any atom is 0.410 e. The lowest BCUT2D eigenvalue weighted by atomic mass is 9.88. The number of benzene rings is 1. The molecule has 5 heterocycles. The summed E-state index contributed by atoms with van der Waals surface area (Å²) in [4.78, 5) is 19.3. The van der Waals surface area contributed by atoms with Gasteiger partial charge >= 0.3 is 6.09 Å². The van der Waals surface area contributed by atoms with Gasteiger partial charge in [0.1, 0.15) is 0 Å². The van der Waals surface area contributed by atoms with E-state index in [1.807, 2.05) is 15.8 Å². The topological polar surface area (TPSA) is 62.5 Å². The number of likely N-dealkylation sites (tertiary alicyclic amines) is 1. The van der Waals surface area contributed by atoms with Gasteiger partial charge in [-0.1, -0.05) is 24.3 Å². The molecule has 8 nitrogen and oxygen atoms in total. The number of hydrogen-bond donors (Lipinski definition) is 0. The molecule has 3 saturated heterocycles. The Morgan fingerprint density at radius 2 is 1.73 bits per heavy atom. The van der Waals surface area contributed by atoms with Crippen molar-refractivity contribution in [3.05, 3.63) is 47.8 Å². The molecule has 4 aliphatic rings. The first-order valence-corrected chi connectivity index (χ1v) is 13.9. The summed E-state index contributed by atoms with van der Waals surface area (Å²) in [6, 6.07) is 12.4. The van der Waals surface area contributed by atoms with Crippen LogP contribution in [0, 0.1) is 0 Å². The maximum absolute atomic E-state index is 12.4. The van der Waals surface area contributed by atoms with Crippen LogP contribution in [0.1, 0.15) is 56.3 Å². The fraction of sp³-hybridized carbons (Fsp3) is 0.586. The Labute approximate surface area is 219 Å². The van der Waals surface area contributed by atoms with E-state index in [1.165, 1.54) is 48.3 Å². The van der Waals surface area contributed by atoms with Crippen molar-refractivity contribution < 1.29 is 14.3 Å². The first-order chi connectivity index (χ1) is 18.0. The van der Waals surface area contributed by atoms with E-state index in [4.69, 9.17) is 9.47 Å². The van der Waals surface area contributed by atoms with Crippen LogP contribution in [0.5, 0.6) is 0 Å².